The number of benzene rings is 1. The third kappa shape index (κ3) is 4.14. The van der Waals surface area contributed by atoms with E-state index < -0.39 is 0 Å². The summed E-state index contributed by atoms with van der Waals surface area (Å²) in [5.41, 5.74) is 1.36. The minimum absolute atomic E-state index is 0.346. The maximum atomic E-state index is 8.59. The predicted octanol–water partition coefficient (Wildman–Crippen LogP) is 2.46. The average molecular weight is 202 g/mol. The SMILES string of the molecule is CC(CC#N)N(C)CCc1ccccc1. The molecule has 1 aromatic rings. The Labute approximate surface area is 92.1 Å². The molecular weight excluding hydrogens is 184 g/mol. The van der Waals surface area contributed by atoms with E-state index in [2.05, 4.69) is 49.2 Å². The molecule has 0 aromatic heterocycles. The first-order chi connectivity index (χ1) is 7.24. The molecule has 0 saturated carbocycles. The molecular formula is C13H18N2. The van der Waals surface area contributed by atoms with E-state index in [1.165, 1.54) is 5.56 Å². The third-order valence-corrected chi connectivity index (χ3v) is 2.74. The van der Waals surface area contributed by atoms with Crippen molar-refractivity contribution in [3.8, 4) is 6.07 Å². The van der Waals surface area contributed by atoms with E-state index >= 15 is 0 Å². The second kappa shape index (κ2) is 6.21. The second-order valence-electron chi connectivity index (χ2n) is 3.93. The highest BCUT2D eigenvalue weighted by atomic mass is 15.1. The molecule has 0 radical (unpaired) electrons. The summed E-state index contributed by atoms with van der Waals surface area (Å²) in [4.78, 5) is 2.23. The molecule has 80 valence electrons. The fourth-order valence-corrected chi connectivity index (χ4v) is 1.46. The molecule has 1 unspecified atom stereocenters. The van der Waals surface area contributed by atoms with Gasteiger partial charge < -0.3 is 4.90 Å². The van der Waals surface area contributed by atoms with Crippen molar-refractivity contribution in [3.63, 3.8) is 0 Å². The van der Waals surface area contributed by atoms with Crippen LogP contribution in [0, 0.1) is 11.3 Å². The molecule has 0 fully saturated rings. The zero-order chi connectivity index (χ0) is 11.1. The smallest absolute Gasteiger partial charge is 0.0638 e. The zero-order valence-electron chi connectivity index (χ0n) is 9.48. The van der Waals surface area contributed by atoms with Crippen molar-refractivity contribution in [2.24, 2.45) is 0 Å². The molecule has 0 N–H and O–H groups in total. The summed E-state index contributed by atoms with van der Waals surface area (Å²) >= 11 is 0. The largest absolute Gasteiger partial charge is 0.302 e. The molecule has 0 spiro atoms. The first-order valence-corrected chi connectivity index (χ1v) is 5.35. The van der Waals surface area contributed by atoms with E-state index in [9.17, 15) is 0 Å². The molecule has 0 amide bonds. The normalized spacial score (nSPS) is 12.4. The Kier molecular flexibility index (Phi) is 4.86. The second-order valence-corrected chi connectivity index (χ2v) is 3.93. The van der Waals surface area contributed by atoms with Crippen LogP contribution in [0.5, 0.6) is 0 Å². The molecule has 1 rings (SSSR count). The van der Waals surface area contributed by atoms with E-state index in [0.717, 1.165) is 13.0 Å². The maximum Gasteiger partial charge on any atom is 0.0638 e. The maximum absolute atomic E-state index is 8.59. The Hall–Kier alpha value is -1.33. The van der Waals surface area contributed by atoms with E-state index in [1.54, 1.807) is 0 Å². The van der Waals surface area contributed by atoms with Crippen LogP contribution in [-0.4, -0.2) is 24.5 Å². The molecule has 0 heterocycles. The lowest BCUT2D eigenvalue weighted by Crippen LogP contribution is -2.30. The minimum atomic E-state index is 0.346. The molecule has 0 aliphatic heterocycles. The minimum Gasteiger partial charge on any atom is -0.302 e. The van der Waals surface area contributed by atoms with E-state index in [0.29, 0.717) is 12.5 Å². The lowest BCUT2D eigenvalue weighted by atomic mass is 10.1. The molecule has 1 aromatic carbocycles. The molecule has 0 aliphatic rings. The van der Waals surface area contributed by atoms with Crippen molar-refractivity contribution >= 4 is 0 Å². The molecule has 0 bridgehead atoms. The van der Waals surface area contributed by atoms with Gasteiger partial charge >= 0.3 is 0 Å². The van der Waals surface area contributed by atoms with Crippen LogP contribution >= 0.6 is 0 Å². The standard InChI is InChI=1S/C13H18N2/c1-12(8-10-14)15(2)11-9-13-6-4-3-5-7-13/h3-7,12H,8-9,11H2,1-2H3. The quantitative estimate of drug-likeness (QED) is 0.733. The van der Waals surface area contributed by atoms with Crippen LogP contribution in [0.2, 0.25) is 0 Å². The van der Waals surface area contributed by atoms with Gasteiger partial charge in [0.05, 0.1) is 12.5 Å². The molecule has 2 heteroatoms. The van der Waals surface area contributed by atoms with Crippen LogP contribution in [0.25, 0.3) is 0 Å². The lowest BCUT2D eigenvalue weighted by molar-refractivity contribution is 0.264. The number of rotatable bonds is 5. The van der Waals surface area contributed by atoms with Crippen LogP contribution in [0.15, 0.2) is 30.3 Å². The summed E-state index contributed by atoms with van der Waals surface area (Å²) < 4.78 is 0. The summed E-state index contributed by atoms with van der Waals surface area (Å²) in [6, 6.07) is 13.0. The molecule has 15 heavy (non-hydrogen) atoms. The van der Waals surface area contributed by atoms with Crippen LogP contribution in [0.3, 0.4) is 0 Å². The molecule has 1 atom stereocenters. The van der Waals surface area contributed by atoms with E-state index in [4.69, 9.17) is 5.26 Å². The summed E-state index contributed by atoms with van der Waals surface area (Å²) in [6.45, 7) is 3.10. The lowest BCUT2D eigenvalue weighted by Gasteiger charge is -2.22. The highest BCUT2D eigenvalue weighted by molar-refractivity contribution is 5.14. The number of hydrogen-bond acceptors (Lipinski definition) is 2. The van der Waals surface area contributed by atoms with Crippen molar-refractivity contribution in [2.45, 2.75) is 25.8 Å². The third-order valence-electron chi connectivity index (χ3n) is 2.74. The van der Waals surface area contributed by atoms with Crippen LogP contribution < -0.4 is 0 Å². The Balaban J connectivity index is 2.35. The zero-order valence-corrected chi connectivity index (χ0v) is 9.48. The van der Waals surface area contributed by atoms with Gasteiger partial charge in [-0.1, -0.05) is 30.3 Å². The monoisotopic (exact) mass is 202 g/mol. The highest BCUT2D eigenvalue weighted by Crippen LogP contribution is 2.04. The van der Waals surface area contributed by atoms with Crippen molar-refractivity contribution in [1.82, 2.24) is 4.90 Å². The van der Waals surface area contributed by atoms with Gasteiger partial charge in [-0.15, -0.1) is 0 Å². The van der Waals surface area contributed by atoms with Gasteiger partial charge in [-0.2, -0.15) is 5.26 Å². The first kappa shape index (κ1) is 11.7. The average Bonchev–Trinajstić information content (AvgIpc) is 2.27. The Morgan fingerprint density at radius 3 is 2.60 bits per heavy atom. The van der Waals surface area contributed by atoms with Gasteiger partial charge in [0, 0.05) is 12.6 Å². The number of nitrogens with zero attached hydrogens (tertiary/aromatic N) is 2. The van der Waals surface area contributed by atoms with E-state index in [-0.39, 0.29) is 0 Å². The summed E-state index contributed by atoms with van der Waals surface area (Å²) in [6.07, 6.45) is 1.65. The predicted molar refractivity (Wildman–Crippen MR) is 62.5 cm³/mol. The number of likely N-dealkylation sites (N-methyl/N-ethyl adjacent to an activating group) is 1. The first-order valence-electron chi connectivity index (χ1n) is 5.35. The van der Waals surface area contributed by atoms with Crippen LogP contribution in [-0.2, 0) is 6.42 Å². The van der Waals surface area contributed by atoms with Crippen LogP contribution in [0.4, 0.5) is 0 Å². The highest BCUT2D eigenvalue weighted by Gasteiger charge is 2.07. The number of nitriles is 1. The van der Waals surface area contributed by atoms with Crippen molar-refractivity contribution < 1.29 is 0 Å². The topological polar surface area (TPSA) is 27.0 Å². The van der Waals surface area contributed by atoms with Crippen molar-refractivity contribution in [2.75, 3.05) is 13.6 Å². The van der Waals surface area contributed by atoms with Gasteiger partial charge in [0.25, 0.3) is 0 Å². The van der Waals surface area contributed by atoms with Gasteiger partial charge in [0.15, 0.2) is 0 Å². The van der Waals surface area contributed by atoms with Gasteiger partial charge in [0.1, 0.15) is 0 Å². The summed E-state index contributed by atoms with van der Waals surface area (Å²) in [5, 5.41) is 8.59. The fraction of sp³-hybridized carbons (Fsp3) is 0.462. The van der Waals surface area contributed by atoms with Crippen molar-refractivity contribution in [1.29, 1.82) is 5.26 Å². The Bertz CT molecular complexity index is 313. The molecule has 0 saturated heterocycles. The van der Waals surface area contributed by atoms with E-state index in [1.807, 2.05) is 6.07 Å². The summed E-state index contributed by atoms with van der Waals surface area (Å²) in [7, 11) is 2.07. The van der Waals surface area contributed by atoms with Crippen molar-refractivity contribution in [3.05, 3.63) is 35.9 Å². The number of hydrogen-bond donors (Lipinski definition) is 0. The fourth-order valence-electron chi connectivity index (χ4n) is 1.46. The van der Waals surface area contributed by atoms with Gasteiger partial charge in [-0.05, 0) is 26.0 Å². The van der Waals surface area contributed by atoms with Gasteiger partial charge in [-0.25, -0.2) is 0 Å². The van der Waals surface area contributed by atoms with Crippen LogP contribution in [0.1, 0.15) is 18.9 Å². The Morgan fingerprint density at radius 2 is 2.00 bits per heavy atom. The van der Waals surface area contributed by atoms with Gasteiger partial charge in [0.2, 0.25) is 0 Å². The molecule has 0 aliphatic carbocycles. The molecule has 2 nitrogen and oxygen atoms in total. The van der Waals surface area contributed by atoms with Gasteiger partial charge in [-0.3, -0.25) is 0 Å². The summed E-state index contributed by atoms with van der Waals surface area (Å²) in [5.74, 6) is 0. The Morgan fingerprint density at radius 1 is 1.33 bits per heavy atom.